The summed E-state index contributed by atoms with van der Waals surface area (Å²) in [6.07, 6.45) is 3.68. The van der Waals surface area contributed by atoms with Crippen molar-refractivity contribution >= 4 is 22.8 Å². The molecule has 0 aromatic heterocycles. The van der Waals surface area contributed by atoms with E-state index in [4.69, 9.17) is 15.6 Å². The van der Waals surface area contributed by atoms with Gasteiger partial charge < -0.3 is 10.2 Å². The number of hydrogen-bond donors (Lipinski definition) is 3. The molecule has 1 aliphatic carbocycles. The van der Waals surface area contributed by atoms with E-state index in [9.17, 15) is 4.79 Å². The standard InChI is InChI=1S/C12H14.C5H9NO2S.C4H10O/c1-9-7-11-5-3-4-6-12(11)8-10(9)2;1-2-4(6)9-3-5(7)8;1-3-4(2)5/h3-6H,7-8H2,1-2H3;6H,2-3H2,1H3,(H,7,8);4-5H,3H2,1-2H3. The van der Waals surface area contributed by atoms with Crippen LogP contribution in [0.1, 0.15) is 58.6 Å². The van der Waals surface area contributed by atoms with Crippen LogP contribution >= 0.6 is 11.8 Å². The molecule has 0 saturated heterocycles. The Kier molecular flexibility index (Phi) is 12.8. The molecule has 0 aliphatic heterocycles. The van der Waals surface area contributed by atoms with E-state index < -0.39 is 5.97 Å². The number of rotatable bonds is 4. The van der Waals surface area contributed by atoms with Gasteiger partial charge in [-0.3, -0.25) is 10.2 Å². The zero-order valence-corrected chi connectivity index (χ0v) is 17.4. The number of carbonyl (C=O) groups is 1. The second-order valence-electron chi connectivity index (χ2n) is 6.40. The Labute approximate surface area is 162 Å². The van der Waals surface area contributed by atoms with E-state index in [1.54, 1.807) is 18.1 Å². The molecule has 1 aromatic carbocycles. The van der Waals surface area contributed by atoms with Crippen LogP contribution in [0.4, 0.5) is 0 Å². The maximum Gasteiger partial charge on any atom is 0.313 e. The number of allylic oxidation sites excluding steroid dienone is 2. The number of aliphatic hydroxyl groups excluding tert-OH is 1. The first-order valence-electron chi connectivity index (χ1n) is 9.03. The molecule has 1 unspecified atom stereocenters. The predicted molar refractivity (Wildman–Crippen MR) is 112 cm³/mol. The summed E-state index contributed by atoms with van der Waals surface area (Å²) in [4.78, 5) is 9.90. The number of aliphatic carboxylic acids is 1. The van der Waals surface area contributed by atoms with Crippen molar-refractivity contribution in [2.75, 3.05) is 5.75 Å². The van der Waals surface area contributed by atoms with E-state index in [0.717, 1.165) is 31.0 Å². The fraction of sp³-hybridized carbons (Fsp3) is 0.524. The summed E-state index contributed by atoms with van der Waals surface area (Å²) in [6, 6.07) is 8.75. The van der Waals surface area contributed by atoms with Crippen molar-refractivity contribution in [2.45, 2.75) is 66.4 Å². The van der Waals surface area contributed by atoms with Gasteiger partial charge in [-0.1, -0.05) is 61.0 Å². The van der Waals surface area contributed by atoms with Gasteiger partial charge in [0.2, 0.25) is 0 Å². The first-order valence-corrected chi connectivity index (χ1v) is 10.0. The highest BCUT2D eigenvalue weighted by molar-refractivity contribution is 8.14. The van der Waals surface area contributed by atoms with Crippen LogP contribution in [0.5, 0.6) is 0 Å². The SMILES string of the molecule is CC1=C(C)Cc2ccccc2C1.CCC(=N)SCC(=O)O.CCC(C)O. The predicted octanol–water partition coefficient (Wildman–Crippen LogP) is 5.09. The molecule has 0 radical (unpaired) electrons. The van der Waals surface area contributed by atoms with Crippen LogP contribution in [0.15, 0.2) is 35.4 Å². The van der Waals surface area contributed by atoms with E-state index >= 15 is 0 Å². The van der Waals surface area contributed by atoms with Gasteiger partial charge in [0.25, 0.3) is 0 Å². The van der Waals surface area contributed by atoms with Crippen molar-refractivity contribution in [2.24, 2.45) is 0 Å². The Morgan fingerprint density at radius 2 is 1.58 bits per heavy atom. The highest BCUT2D eigenvalue weighted by atomic mass is 32.2. The summed E-state index contributed by atoms with van der Waals surface area (Å²) >= 11 is 1.07. The lowest BCUT2D eigenvalue weighted by molar-refractivity contribution is -0.133. The number of carboxylic acids is 1. The molecule has 1 aliphatic rings. The number of fused-ring (bicyclic) bond motifs is 1. The van der Waals surface area contributed by atoms with Gasteiger partial charge in [-0.15, -0.1) is 0 Å². The van der Waals surface area contributed by atoms with Crippen LogP contribution in [0.3, 0.4) is 0 Å². The summed E-state index contributed by atoms with van der Waals surface area (Å²) in [5.74, 6) is -0.856. The van der Waals surface area contributed by atoms with Crippen molar-refractivity contribution in [1.29, 1.82) is 5.41 Å². The molecule has 146 valence electrons. The molecule has 26 heavy (non-hydrogen) atoms. The smallest absolute Gasteiger partial charge is 0.313 e. The Morgan fingerprint density at radius 1 is 1.15 bits per heavy atom. The Hall–Kier alpha value is -1.59. The van der Waals surface area contributed by atoms with Gasteiger partial charge in [0.1, 0.15) is 0 Å². The van der Waals surface area contributed by atoms with Gasteiger partial charge in [0.15, 0.2) is 0 Å². The molecule has 1 atom stereocenters. The molecule has 1 aromatic rings. The van der Waals surface area contributed by atoms with Crippen LogP contribution in [0, 0.1) is 5.41 Å². The third-order valence-corrected chi connectivity index (χ3v) is 5.07. The Morgan fingerprint density at radius 3 is 1.88 bits per heavy atom. The van der Waals surface area contributed by atoms with Crippen molar-refractivity contribution in [1.82, 2.24) is 0 Å². The highest BCUT2D eigenvalue weighted by Crippen LogP contribution is 2.24. The number of carboxylic acid groups (broad SMARTS) is 1. The third-order valence-electron chi connectivity index (χ3n) is 4.04. The van der Waals surface area contributed by atoms with Crippen LogP contribution in [0.2, 0.25) is 0 Å². The van der Waals surface area contributed by atoms with E-state index in [1.807, 2.05) is 13.8 Å². The average Bonchev–Trinajstić information content (AvgIpc) is 2.61. The average molecular weight is 380 g/mol. The van der Waals surface area contributed by atoms with Crippen LogP contribution in [-0.2, 0) is 17.6 Å². The lowest BCUT2D eigenvalue weighted by Gasteiger charge is -2.18. The monoisotopic (exact) mass is 379 g/mol. The molecule has 0 bridgehead atoms. The number of hydrogen-bond acceptors (Lipinski definition) is 4. The van der Waals surface area contributed by atoms with Crippen molar-refractivity contribution in [3.63, 3.8) is 0 Å². The van der Waals surface area contributed by atoms with E-state index in [-0.39, 0.29) is 11.9 Å². The Balaban J connectivity index is 0.000000397. The Bertz CT molecular complexity index is 576. The summed E-state index contributed by atoms with van der Waals surface area (Å²) in [5, 5.41) is 24.0. The number of aliphatic hydroxyl groups is 1. The second kappa shape index (κ2) is 13.6. The summed E-state index contributed by atoms with van der Waals surface area (Å²) in [7, 11) is 0. The molecule has 0 heterocycles. The summed E-state index contributed by atoms with van der Waals surface area (Å²) in [6.45, 7) is 10.0. The summed E-state index contributed by atoms with van der Waals surface area (Å²) < 4.78 is 0. The minimum Gasteiger partial charge on any atom is -0.481 e. The van der Waals surface area contributed by atoms with Crippen molar-refractivity contribution in [3.05, 3.63) is 46.5 Å². The number of thioether (sulfide) groups is 1. The molecule has 2 rings (SSSR count). The van der Waals surface area contributed by atoms with E-state index in [1.165, 1.54) is 11.1 Å². The fourth-order valence-electron chi connectivity index (χ4n) is 2.03. The van der Waals surface area contributed by atoms with Crippen LogP contribution in [0.25, 0.3) is 0 Å². The summed E-state index contributed by atoms with van der Waals surface area (Å²) in [5.41, 5.74) is 6.13. The topological polar surface area (TPSA) is 81.4 Å². The van der Waals surface area contributed by atoms with E-state index in [0.29, 0.717) is 11.5 Å². The fourth-order valence-corrected chi connectivity index (χ4v) is 2.53. The molecule has 0 spiro atoms. The molecule has 0 fully saturated rings. The van der Waals surface area contributed by atoms with Gasteiger partial charge in [0.05, 0.1) is 16.9 Å². The van der Waals surface area contributed by atoms with Crippen LogP contribution in [-0.4, -0.2) is 33.1 Å². The highest BCUT2D eigenvalue weighted by Gasteiger charge is 2.10. The van der Waals surface area contributed by atoms with Crippen LogP contribution < -0.4 is 0 Å². The first-order chi connectivity index (χ1) is 12.2. The quantitative estimate of drug-likeness (QED) is 0.387. The maximum atomic E-state index is 9.90. The maximum absolute atomic E-state index is 9.90. The minimum absolute atomic E-state index is 0.00662. The zero-order valence-electron chi connectivity index (χ0n) is 16.6. The zero-order chi connectivity index (χ0) is 20.1. The number of benzene rings is 1. The van der Waals surface area contributed by atoms with Gasteiger partial charge >= 0.3 is 5.97 Å². The number of nitrogens with one attached hydrogen (secondary N) is 1. The molecular formula is C21H33NO3S. The van der Waals surface area contributed by atoms with Gasteiger partial charge in [-0.05, 0) is 57.6 Å². The van der Waals surface area contributed by atoms with Gasteiger partial charge in [0, 0.05) is 0 Å². The molecule has 4 nitrogen and oxygen atoms in total. The molecular weight excluding hydrogens is 346 g/mol. The first kappa shape index (κ1) is 24.4. The van der Waals surface area contributed by atoms with E-state index in [2.05, 4.69) is 38.1 Å². The van der Waals surface area contributed by atoms with Gasteiger partial charge in [-0.2, -0.15) is 0 Å². The van der Waals surface area contributed by atoms with Gasteiger partial charge in [-0.25, -0.2) is 0 Å². The third kappa shape index (κ3) is 11.1. The molecule has 0 saturated carbocycles. The normalized spacial score (nSPS) is 13.5. The lowest BCUT2D eigenvalue weighted by Crippen LogP contribution is -2.04. The minimum atomic E-state index is -0.863. The second-order valence-corrected chi connectivity index (χ2v) is 7.47. The largest absolute Gasteiger partial charge is 0.481 e. The van der Waals surface area contributed by atoms with Crippen molar-refractivity contribution in [3.8, 4) is 0 Å². The molecule has 5 heteroatoms. The lowest BCUT2D eigenvalue weighted by atomic mass is 9.88. The molecule has 3 N–H and O–H groups in total. The van der Waals surface area contributed by atoms with Crippen molar-refractivity contribution < 1.29 is 15.0 Å². The molecule has 0 amide bonds.